The molecule has 2 aliphatic heterocycles. The average molecular weight is 483 g/mol. The van der Waals surface area contributed by atoms with Gasteiger partial charge in [-0.2, -0.15) is 5.10 Å². The summed E-state index contributed by atoms with van der Waals surface area (Å²) in [6.45, 7) is 4.40. The molecule has 8 heteroatoms. The molecule has 0 saturated carbocycles. The lowest BCUT2D eigenvalue weighted by Gasteiger charge is -2.26. The van der Waals surface area contributed by atoms with Crippen LogP contribution in [0.25, 0.3) is 16.7 Å². The highest BCUT2D eigenvalue weighted by Gasteiger charge is 2.26. The molecule has 2 aromatic carbocycles. The predicted molar refractivity (Wildman–Crippen MR) is 139 cm³/mol. The first-order valence-corrected chi connectivity index (χ1v) is 12.8. The van der Waals surface area contributed by atoms with Gasteiger partial charge in [0.05, 0.1) is 17.3 Å². The molecule has 0 radical (unpaired) electrons. The minimum Gasteiger partial charge on any atom is -0.381 e. The lowest BCUT2D eigenvalue weighted by Crippen LogP contribution is -2.35. The summed E-state index contributed by atoms with van der Waals surface area (Å²) in [5.74, 6) is 2.13. The zero-order chi connectivity index (χ0) is 24.3. The van der Waals surface area contributed by atoms with Gasteiger partial charge in [-0.15, -0.1) is 0 Å². The van der Waals surface area contributed by atoms with Crippen LogP contribution in [-0.4, -0.2) is 69.9 Å². The number of anilines is 1. The van der Waals surface area contributed by atoms with E-state index in [0.29, 0.717) is 13.1 Å². The molecule has 2 saturated heterocycles. The Morgan fingerprint density at radius 3 is 2.39 bits per heavy atom. The van der Waals surface area contributed by atoms with Crippen LogP contribution in [0.5, 0.6) is 0 Å². The van der Waals surface area contributed by atoms with Crippen molar-refractivity contribution >= 4 is 22.8 Å². The van der Waals surface area contributed by atoms with Crippen molar-refractivity contribution in [1.82, 2.24) is 24.6 Å². The SMILES string of the molecule is O=C(c1ccccc1)N1CCCN(c2nc(C3CCOCC3)nc3c2cnn3-c2ccccc2)CC1. The monoisotopic (exact) mass is 482 g/mol. The maximum Gasteiger partial charge on any atom is 0.253 e. The number of amides is 1. The van der Waals surface area contributed by atoms with Crippen LogP contribution < -0.4 is 4.90 Å². The Kier molecular flexibility index (Phi) is 6.34. The van der Waals surface area contributed by atoms with Crippen molar-refractivity contribution in [1.29, 1.82) is 0 Å². The number of para-hydroxylation sites is 1. The number of hydrogen-bond acceptors (Lipinski definition) is 6. The van der Waals surface area contributed by atoms with E-state index in [0.717, 1.165) is 79.5 Å². The molecule has 4 heterocycles. The molecule has 184 valence electrons. The third-order valence-corrected chi connectivity index (χ3v) is 7.12. The standard InChI is InChI=1S/C28H30N6O2/c35-28(22-8-3-1-4-9-22)33-15-7-14-32(16-17-33)26-24-20-29-34(23-10-5-2-6-11-23)27(24)31-25(30-26)21-12-18-36-19-13-21/h1-6,8-11,20-21H,7,12-19H2. The lowest BCUT2D eigenvalue weighted by atomic mass is 9.99. The topological polar surface area (TPSA) is 76.4 Å². The zero-order valence-corrected chi connectivity index (χ0v) is 20.3. The molecule has 0 aliphatic carbocycles. The first kappa shape index (κ1) is 22.7. The van der Waals surface area contributed by atoms with E-state index in [9.17, 15) is 4.79 Å². The number of aromatic nitrogens is 4. The Labute approximate surface area is 210 Å². The lowest BCUT2D eigenvalue weighted by molar-refractivity contribution is 0.0767. The maximum atomic E-state index is 13.1. The number of fused-ring (bicyclic) bond motifs is 1. The van der Waals surface area contributed by atoms with Crippen molar-refractivity contribution < 1.29 is 9.53 Å². The summed E-state index contributed by atoms with van der Waals surface area (Å²) in [4.78, 5) is 27.5. The third-order valence-electron chi connectivity index (χ3n) is 7.12. The van der Waals surface area contributed by atoms with E-state index in [1.807, 2.05) is 76.4 Å². The molecule has 2 aromatic heterocycles. The minimum absolute atomic E-state index is 0.0880. The van der Waals surface area contributed by atoms with Gasteiger partial charge in [-0.3, -0.25) is 4.79 Å². The molecule has 6 rings (SSSR count). The van der Waals surface area contributed by atoms with Crippen molar-refractivity contribution in [3.05, 3.63) is 78.2 Å². The van der Waals surface area contributed by atoms with Crippen molar-refractivity contribution in [3.63, 3.8) is 0 Å². The Bertz CT molecular complexity index is 1330. The smallest absolute Gasteiger partial charge is 0.253 e. The molecule has 1 amide bonds. The number of hydrogen-bond donors (Lipinski definition) is 0. The van der Waals surface area contributed by atoms with Crippen LogP contribution in [0.4, 0.5) is 5.82 Å². The van der Waals surface area contributed by atoms with Gasteiger partial charge in [0, 0.05) is 50.9 Å². The molecule has 0 spiro atoms. The molecule has 0 N–H and O–H groups in total. The number of benzene rings is 2. The first-order chi connectivity index (χ1) is 17.8. The van der Waals surface area contributed by atoms with Crippen LogP contribution in [0.1, 0.15) is 41.4 Å². The Balaban J connectivity index is 1.35. The number of ether oxygens (including phenoxy) is 1. The Hall–Kier alpha value is -3.78. The highest BCUT2D eigenvalue weighted by molar-refractivity contribution is 5.94. The second kappa shape index (κ2) is 10.1. The van der Waals surface area contributed by atoms with Gasteiger partial charge in [0.15, 0.2) is 5.65 Å². The van der Waals surface area contributed by atoms with Crippen LogP contribution in [0.3, 0.4) is 0 Å². The summed E-state index contributed by atoms with van der Waals surface area (Å²) >= 11 is 0. The fourth-order valence-electron chi connectivity index (χ4n) is 5.14. The molecule has 8 nitrogen and oxygen atoms in total. The average Bonchev–Trinajstić information content (AvgIpc) is 3.23. The first-order valence-electron chi connectivity index (χ1n) is 12.8. The zero-order valence-electron chi connectivity index (χ0n) is 20.3. The molecule has 0 atom stereocenters. The molecule has 2 aliphatic rings. The quantitative estimate of drug-likeness (QED) is 0.437. The van der Waals surface area contributed by atoms with E-state index < -0.39 is 0 Å². The van der Waals surface area contributed by atoms with Gasteiger partial charge in [0.1, 0.15) is 11.6 Å². The predicted octanol–water partition coefficient (Wildman–Crippen LogP) is 4.06. The summed E-state index contributed by atoms with van der Waals surface area (Å²) in [5, 5.41) is 5.65. The fourth-order valence-corrected chi connectivity index (χ4v) is 5.14. The van der Waals surface area contributed by atoms with Crippen LogP contribution in [-0.2, 0) is 4.74 Å². The number of rotatable bonds is 4. The van der Waals surface area contributed by atoms with E-state index in [1.54, 1.807) is 0 Å². The van der Waals surface area contributed by atoms with Gasteiger partial charge in [-0.25, -0.2) is 14.6 Å². The van der Waals surface area contributed by atoms with Gasteiger partial charge in [-0.1, -0.05) is 36.4 Å². The summed E-state index contributed by atoms with van der Waals surface area (Å²) in [6.07, 6.45) is 4.60. The summed E-state index contributed by atoms with van der Waals surface area (Å²) < 4.78 is 7.51. The van der Waals surface area contributed by atoms with E-state index in [1.165, 1.54) is 0 Å². The molecular formula is C28H30N6O2. The Morgan fingerprint density at radius 1 is 0.861 bits per heavy atom. The molecule has 2 fully saturated rings. The number of carbonyl (C=O) groups is 1. The van der Waals surface area contributed by atoms with Gasteiger partial charge in [-0.05, 0) is 43.5 Å². The van der Waals surface area contributed by atoms with Crippen LogP contribution in [0.15, 0.2) is 66.9 Å². The van der Waals surface area contributed by atoms with Crippen molar-refractivity contribution in [2.75, 3.05) is 44.3 Å². The van der Waals surface area contributed by atoms with Gasteiger partial charge in [0.25, 0.3) is 5.91 Å². The highest BCUT2D eigenvalue weighted by atomic mass is 16.5. The van der Waals surface area contributed by atoms with Crippen molar-refractivity contribution in [2.24, 2.45) is 0 Å². The van der Waals surface area contributed by atoms with Crippen molar-refractivity contribution in [2.45, 2.75) is 25.2 Å². The third kappa shape index (κ3) is 4.44. The molecular weight excluding hydrogens is 452 g/mol. The molecule has 4 aromatic rings. The highest BCUT2D eigenvalue weighted by Crippen LogP contribution is 2.31. The number of nitrogens with zero attached hydrogens (tertiary/aromatic N) is 6. The van der Waals surface area contributed by atoms with E-state index >= 15 is 0 Å². The minimum atomic E-state index is 0.0880. The van der Waals surface area contributed by atoms with Gasteiger partial charge in [0.2, 0.25) is 0 Å². The van der Waals surface area contributed by atoms with Crippen molar-refractivity contribution in [3.8, 4) is 5.69 Å². The largest absolute Gasteiger partial charge is 0.381 e. The summed E-state index contributed by atoms with van der Waals surface area (Å²) in [5.41, 5.74) is 2.54. The van der Waals surface area contributed by atoms with Crippen LogP contribution in [0.2, 0.25) is 0 Å². The van der Waals surface area contributed by atoms with Crippen LogP contribution >= 0.6 is 0 Å². The summed E-state index contributed by atoms with van der Waals surface area (Å²) in [6, 6.07) is 19.6. The van der Waals surface area contributed by atoms with E-state index in [-0.39, 0.29) is 11.8 Å². The fraction of sp³-hybridized carbons (Fsp3) is 0.357. The number of carbonyl (C=O) groups excluding carboxylic acids is 1. The van der Waals surface area contributed by atoms with E-state index in [2.05, 4.69) is 4.90 Å². The normalized spacial score (nSPS) is 17.3. The van der Waals surface area contributed by atoms with Crippen LogP contribution in [0, 0.1) is 0 Å². The second-order valence-electron chi connectivity index (χ2n) is 9.42. The second-order valence-corrected chi connectivity index (χ2v) is 9.42. The van der Waals surface area contributed by atoms with Gasteiger partial charge >= 0.3 is 0 Å². The summed E-state index contributed by atoms with van der Waals surface area (Å²) in [7, 11) is 0. The van der Waals surface area contributed by atoms with Gasteiger partial charge < -0.3 is 14.5 Å². The van der Waals surface area contributed by atoms with E-state index in [4.69, 9.17) is 19.8 Å². The molecule has 0 unspecified atom stereocenters. The molecule has 0 bridgehead atoms. The maximum absolute atomic E-state index is 13.1. The molecule has 36 heavy (non-hydrogen) atoms. The Morgan fingerprint density at radius 2 is 1.61 bits per heavy atom.